The second-order valence-electron chi connectivity index (χ2n) is 3.81. The molecule has 1 aliphatic heterocycles. The molecule has 7 heteroatoms. The van der Waals surface area contributed by atoms with Crippen LogP contribution in [0.3, 0.4) is 0 Å². The molecule has 7 nitrogen and oxygen atoms in total. The van der Waals surface area contributed by atoms with Gasteiger partial charge in [-0.1, -0.05) is 12.1 Å². The van der Waals surface area contributed by atoms with Gasteiger partial charge in [-0.2, -0.15) is 10.1 Å². The van der Waals surface area contributed by atoms with Crippen LogP contribution in [0.4, 0.5) is 4.79 Å². The molecule has 1 atom stereocenters. The monoisotopic (exact) mass is 250 g/mol. The van der Waals surface area contributed by atoms with Crippen LogP contribution in [0.1, 0.15) is 12.0 Å². The number of hydrogen-bond donors (Lipinski definition) is 3. The Morgan fingerprint density at radius 1 is 1.56 bits per heavy atom. The van der Waals surface area contributed by atoms with Crippen molar-refractivity contribution in [1.82, 2.24) is 10.4 Å². The van der Waals surface area contributed by atoms with E-state index in [0.29, 0.717) is 11.3 Å². The van der Waals surface area contributed by atoms with Gasteiger partial charge in [-0.3, -0.25) is 5.43 Å². The number of benzene rings is 1. The molecule has 1 heterocycles. The van der Waals surface area contributed by atoms with Gasteiger partial charge >= 0.3 is 6.03 Å². The molecule has 18 heavy (non-hydrogen) atoms. The average Bonchev–Trinajstić information content (AvgIpc) is 2.81. The van der Waals surface area contributed by atoms with E-state index >= 15 is 0 Å². The van der Waals surface area contributed by atoms with Crippen LogP contribution in [0.15, 0.2) is 29.4 Å². The smallest absolute Gasteiger partial charge is 0.354 e. The SMILES string of the molecule is COc1ccc(C2(O)CC=NN2C(=O)NN)cc1. The molecule has 0 aromatic heterocycles. The number of rotatable bonds is 2. The largest absolute Gasteiger partial charge is 0.497 e. The Kier molecular flexibility index (Phi) is 3.17. The summed E-state index contributed by atoms with van der Waals surface area (Å²) in [6.07, 6.45) is 1.66. The van der Waals surface area contributed by atoms with E-state index in [1.165, 1.54) is 6.21 Å². The van der Waals surface area contributed by atoms with E-state index in [-0.39, 0.29) is 6.42 Å². The van der Waals surface area contributed by atoms with Crippen molar-refractivity contribution in [1.29, 1.82) is 0 Å². The topological polar surface area (TPSA) is 100 Å². The van der Waals surface area contributed by atoms with Crippen molar-refractivity contribution in [2.45, 2.75) is 12.1 Å². The van der Waals surface area contributed by atoms with E-state index < -0.39 is 11.8 Å². The summed E-state index contributed by atoms with van der Waals surface area (Å²) in [5, 5.41) is 15.3. The number of aliphatic hydroxyl groups is 1. The van der Waals surface area contributed by atoms with E-state index in [0.717, 1.165) is 5.01 Å². The summed E-state index contributed by atoms with van der Waals surface area (Å²) < 4.78 is 5.03. The van der Waals surface area contributed by atoms with Crippen LogP contribution >= 0.6 is 0 Å². The molecule has 1 aromatic rings. The number of methoxy groups -OCH3 is 1. The second kappa shape index (κ2) is 4.63. The van der Waals surface area contributed by atoms with Crippen molar-refractivity contribution in [2.75, 3.05) is 7.11 Å². The molecule has 0 aliphatic carbocycles. The summed E-state index contributed by atoms with van der Waals surface area (Å²) >= 11 is 0. The third-order valence-electron chi connectivity index (χ3n) is 2.79. The molecule has 2 amide bonds. The molecule has 2 rings (SSSR count). The zero-order valence-electron chi connectivity index (χ0n) is 9.83. The summed E-state index contributed by atoms with van der Waals surface area (Å²) in [6.45, 7) is 0. The van der Waals surface area contributed by atoms with Crippen molar-refractivity contribution in [3.05, 3.63) is 29.8 Å². The highest BCUT2D eigenvalue weighted by molar-refractivity contribution is 5.78. The average molecular weight is 250 g/mol. The van der Waals surface area contributed by atoms with Crippen LogP contribution in [0.25, 0.3) is 0 Å². The lowest BCUT2D eigenvalue weighted by Gasteiger charge is -2.30. The van der Waals surface area contributed by atoms with Crippen LogP contribution in [-0.4, -0.2) is 29.5 Å². The number of hydrazine groups is 1. The van der Waals surface area contributed by atoms with Gasteiger partial charge in [0.25, 0.3) is 0 Å². The van der Waals surface area contributed by atoms with Gasteiger partial charge in [0.05, 0.1) is 7.11 Å². The summed E-state index contributed by atoms with van der Waals surface area (Å²) in [5.41, 5.74) is 0.957. The zero-order valence-corrected chi connectivity index (χ0v) is 9.83. The fraction of sp³-hybridized carbons (Fsp3) is 0.273. The highest BCUT2D eigenvalue weighted by Gasteiger charge is 2.42. The van der Waals surface area contributed by atoms with Crippen LogP contribution < -0.4 is 16.0 Å². The normalized spacial score (nSPS) is 22.1. The Morgan fingerprint density at radius 3 is 2.78 bits per heavy atom. The summed E-state index contributed by atoms with van der Waals surface area (Å²) in [4.78, 5) is 11.5. The van der Waals surface area contributed by atoms with Crippen molar-refractivity contribution < 1.29 is 14.6 Å². The van der Waals surface area contributed by atoms with Gasteiger partial charge in [0.2, 0.25) is 0 Å². The van der Waals surface area contributed by atoms with Crippen LogP contribution in [0.2, 0.25) is 0 Å². The van der Waals surface area contributed by atoms with E-state index in [2.05, 4.69) is 5.10 Å². The highest BCUT2D eigenvalue weighted by Crippen LogP contribution is 2.33. The van der Waals surface area contributed by atoms with E-state index in [4.69, 9.17) is 10.6 Å². The minimum absolute atomic E-state index is 0.201. The van der Waals surface area contributed by atoms with Crippen LogP contribution in [0.5, 0.6) is 5.75 Å². The molecule has 1 unspecified atom stereocenters. The van der Waals surface area contributed by atoms with Crippen LogP contribution in [-0.2, 0) is 5.72 Å². The molecule has 0 spiro atoms. The predicted molar refractivity (Wildman–Crippen MR) is 64.6 cm³/mol. The lowest BCUT2D eigenvalue weighted by Crippen LogP contribution is -2.49. The molecule has 1 aromatic carbocycles. The molecule has 1 aliphatic rings. The number of urea groups is 1. The fourth-order valence-corrected chi connectivity index (χ4v) is 1.81. The number of carbonyl (C=O) groups excluding carboxylic acids is 1. The summed E-state index contributed by atoms with van der Waals surface area (Å²) in [6, 6.07) is 6.06. The fourth-order valence-electron chi connectivity index (χ4n) is 1.81. The van der Waals surface area contributed by atoms with E-state index in [1.54, 1.807) is 31.4 Å². The Labute approximate surface area is 104 Å². The van der Waals surface area contributed by atoms with E-state index in [1.807, 2.05) is 5.43 Å². The maximum absolute atomic E-state index is 11.5. The number of ether oxygens (including phenoxy) is 1. The quantitative estimate of drug-likeness (QED) is 0.394. The lowest BCUT2D eigenvalue weighted by atomic mass is 10.00. The number of hydrogen-bond acceptors (Lipinski definition) is 5. The standard InChI is InChI=1S/C11H14N4O3/c1-18-9-4-2-8(3-5-9)11(17)6-7-13-15(11)10(16)14-12/h2-5,7,17H,6,12H2,1H3,(H,14,16). The van der Waals surface area contributed by atoms with Gasteiger partial charge in [-0.25, -0.2) is 10.6 Å². The molecular weight excluding hydrogens is 236 g/mol. The van der Waals surface area contributed by atoms with Crippen molar-refractivity contribution in [3.63, 3.8) is 0 Å². The molecular formula is C11H14N4O3. The number of carbonyl (C=O) groups is 1. The lowest BCUT2D eigenvalue weighted by molar-refractivity contribution is -0.0699. The Bertz CT molecular complexity index is 474. The second-order valence-corrected chi connectivity index (χ2v) is 3.81. The Morgan fingerprint density at radius 2 is 2.22 bits per heavy atom. The van der Waals surface area contributed by atoms with Gasteiger partial charge in [-0.15, -0.1) is 0 Å². The first-order valence-electron chi connectivity index (χ1n) is 5.32. The zero-order chi connectivity index (χ0) is 13.2. The molecule has 0 radical (unpaired) electrons. The number of nitrogens with zero attached hydrogens (tertiary/aromatic N) is 2. The number of amides is 2. The Balaban J connectivity index is 2.32. The van der Waals surface area contributed by atoms with Gasteiger partial charge in [0.1, 0.15) is 5.75 Å². The molecule has 0 bridgehead atoms. The van der Waals surface area contributed by atoms with Gasteiger partial charge in [0.15, 0.2) is 5.72 Å². The minimum Gasteiger partial charge on any atom is -0.497 e. The van der Waals surface area contributed by atoms with Crippen molar-refractivity contribution in [2.24, 2.45) is 10.9 Å². The maximum Gasteiger partial charge on any atom is 0.354 e. The number of nitrogens with two attached hydrogens (primary N) is 1. The number of nitrogens with one attached hydrogen (secondary N) is 1. The first-order valence-corrected chi connectivity index (χ1v) is 5.32. The third kappa shape index (κ3) is 1.89. The summed E-state index contributed by atoms with van der Waals surface area (Å²) in [7, 11) is 1.55. The molecule has 4 N–H and O–H groups in total. The summed E-state index contributed by atoms with van der Waals surface area (Å²) in [5.74, 6) is 5.71. The van der Waals surface area contributed by atoms with Crippen molar-refractivity contribution >= 4 is 12.2 Å². The number of hydrazone groups is 1. The first kappa shape index (κ1) is 12.3. The van der Waals surface area contributed by atoms with E-state index in [9.17, 15) is 9.90 Å². The first-order chi connectivity index (χ1) is 8.61. The maximum atomic E-state index is 11.5. The third-order valence-corrected chi connectivity index (χ3v) is 2.79. The van der Waals surface area contributed by atoms with Gasteiger partial charge in [-0.05, 0) is 12.1 Å². The van der Waals surface area contributed by atoms with Crippen molar-refractivity contribution in [3.8, 4) is 5.75 Å². The van der Waals surface area contributed by atoms with Crippen LogP contribution in [0, 0.1) is 0 Å². The molecule has 96 valence electrons. The predicted octanol–water partition coefficient (Wildman–Crippen LogP) is 0.115. The minimum atomic E-state index is -1.52. The Hall–Kier alpha value is -2.12. The highest BCUT2D eigenvalue weighted by atomic mass is 16.5. The van der Waals surface area contributed by atoms with Gasteiger partial charge < -0.3 is 9.84 Å². The molecule has 0 saturated carbocycles. The molecule has 0 fully saturated rings. The van der Waals surface area contributed by atoms with Gasteiger partial charge in [0, 0.05) is 18.2 Å². The molecule has 0 saturated heterocycles.